The maximum Gasteiger partial charge on any atom is 0.0744 e. The third-order valence-electron chi connectivity index (χ3n) is 12.7. The molecule has 2 nitrogen and oxygen atoms in total. The Bertz CT molecular complexity index is 726. The van der Waals surface area contributed by atoms with E-state index in [9.17, 15) is 10.2 Å². The van der Waals surface area contributed by atoms with Gasteiger partial charge in [0.15, 0.2) is 0 Å². The zero-order valence-corrected chi connectivity index (χ0v) is 22.2. The summed E-state index contributed by atoms with van der Waals surface area (Å²) in [4.78, 5) is 0. The Morgan fingerprint density at radius 2 is 1.53 bits per heavy atom. The maximum atomic E-state index is 10.8. The summed E-state index contributed by atoms with van der Waals surface area (Å²) in [6.07, 6.45) is 11.9. The lowest BCUT2D eigenvalue weighted by Crippen LogP contribution is -2.61. The third kappa shape index (κ3) is 3.40. The van der Waals surface area contributed by atoms with Gasteiger partial charge in [-0.3, -0.25) is 0 Å². The van der Waals surface area contributed by atoms with Crippen LogP contribution < -0.4 is 0 Å². The summed E-state index contributed by atoms with van der Waals surface area (Å²) in [7, 11) is 0. The molecular formula is C30H52O2. The van der Waals surface area contributed by atoms with Gasteiger partial charge in [-0.25, -0.2) is 0 Å². The van der Waals surface area contributed by atoms with Crippen LogP contribution in [0.15, 0.2) is 12.2 Å². The predicted molar refractivity (Wildman–Crippen MR) is 134 cm³/mol. The summed E-state index contributed by atoms with van der Waals surface area (Å²) in [5.41, 5.74) is 2.22. The van der Waals surface area contributed by atoms with Crippen molar-refractivity contribution in [2.75, 3.05) is 0 Å². The highest BCUT2D eigenvalue weighted by Gasteiger charge is 2.67. The normalized spacial score (nSPS) is 49.5. The van der Waals surface area contributed by atoms with Crippen LogP contribution in [0.3, 0.4) is 0 Å². The molecule has 4 fully saturated rings. The molecule has 2 heteroatoms. The molecule has 0 aromatic rings. The molecule has 2 N–H and O–H groups in total. The first-order valence-electron chi connectivity index (χ1n) is 13.8. The monoisotopic (exact) mass is 444 g/mol. The molecule has 0 unspecified atom stereocenters. The second kappa shape index (κ2) is 8.11. The molecule has 4 aliphatic carbocycles. The van der Waals surface area contributed by atoms with Gasteiger partial charge in [0.2, 0.25) is 0 Å². The molecule has 0 spiro atoms. The van der Waals surface area contributed by atoms with Gasteiger partial charge in [0, 0.05) is 0 Å². The number of hydrogen-bond donors (Lipinski definition) is 2. The van der Waals surface area contributed by atoms with Crippen molar-refractivity contribution < 1.29 is 10.2 Å². The average molecular weight is 445 g/mol. The second-order valence-corrected chi connectivity index (χ2v) is 14.2. The van der Waals surface area contributed by atoms with Crippen LogP contribution in [-0.2, 0) is 0 Å². The number of rotatable bonds is 5. The molecule has 0 radical (unpaired) electrons. The maximum absolute atomic E-state index is 10.8. The van der Waals surface area contributed by atoms with Gasteiger partial charge in [0.25, 0.3) is 0 Å². The molecule has 4 saturated carbocycles. The summed E-state index contributed by atoms with van der Waals surface area (Å²) >= 11 is 0. The van der Waals surface area contributed by atoms with Crippen LogP contribution >= 0.6 is 0 Å². The van der Waals surface area contributed by atoms with Crippen molar-refractivity contribution >= 4 is 0 Å². The minimum atomic E-state index is -0.339. The number of hydrogen-bond acceptors (Lipinski definition) is 2. The SMILES string of the molecule is C=C(C)[C@@H](O)CC[C@@H](C)[C@@H]1CC[C@]2(C)[C@H]3CC[C@H]4C(C)(C)[C@@H](O)CC[C@]4(C)[C@@H]3CC[C@]12C. The van der Waals surface area contributed by atoms with Gasteiger partial charge < -0.3 is 10.2 Å². The molecule has 0 saturated heterocycles. The van der Waals surface area contributed by atoms with Gasteiger partial charge in [-0.1, -0.05) is 53.7 Å². The van der Waals surface area contributed by atoms with E-state index in [0.717, 1.165) is 42.6 Å². The van der Waals surface area contributed by atoms with Gasteiger partial charge in [-0.15, -0.1) is 0 Å². The van der Waals surface area contributed by atoms with Crippen molar-refractivity contribution in [3.8, 4) is 0 Å². The van der Waals surface area contributed by atoms with E-state index in [0.29, 0.717) is 28.1 Å². The minimum Gasteiger partial charge on any atom is -0.393 e. The quantitative estimate of drug-likeness (QED) is 0.434. The lowest BCUT2D eigenvalue weighted by molar-refractivity contribution is -0.200. The van der Waals surface area contributed by atoms with Crippen LogP contribution in [0.5, 0.6) is 0 Å². The Hall–Kier alpha value is -0.340. The second-order valence-electron chi connectivity index (χ2n) is 14.2. The van der Waals surface area contributed by atoms with Crippen LogP contribution in [0.2, 0.25) is 0 Å². The van der Waals surface area contributed by atoms with Crippen molar-refractivity contribution in [2.24, 2.45) is 51.2 Å². The van der Waals surface area contributed by atoms with E-state index in [-0.39, 0.29) is 17.6 Å². The summed E-state index contributed by atoms with van der Waals surface area (Å²) in [6, 6.07) is 0. The molecule has 32 heavy (non-hydrogen) atoms. The Kier molecular flexibility index (Phi) is 6.28. The smallest absolute Gasteiger partial charge is 0.0744 e. The predicted octanol–water partition coefficient (Wildman–Crippen LogP) is 7.39. The fourth-order valence-corrected chi connectivity index (χ4v) is 10.3. The number of aliphatic hydroxyl groups is 2. The van der Waals surface area contributed by atoms with Crippen molar-refractivity contribution in [3.05, 3.63) is 12.2 Å². The van der Waals surface area contributed by atoms with Crippen LogP contribution in [-0.4, -0.2) is 22.4 Å². The summed E-state index contributed by atoms with van der Waals surface area (Å²) < 4.78 is 0. The minimum absolute atomic E-state index is 0.0521. The number of fused-ring (bicyclic) bond motifs is 5. The van der Waals surface area contributed by atoms with Gasteiger partial charge in [-0.05, 0) is 122 Å². The van der Waals surface area contributed by atoms with Crippen molar-refractivity contribution in [1.82, 2.24) is 0 Å². The van der Waals surface area contributed by atoms with Crippen molar-refractivity contribution in [1.29, 1.82) is 0 Å². The van der Waals surface area contributed by atoms with E-state index in [4.69, 9.17) is 0 Å². The summed E-state index contributed by atoms with van der Waals surface area (Å²) in [5.74, 6) is 3.77. The molecule has 0 bridgehead atoms. The van der Waals surface area contributed by atoms with E-state index in [1.807, 2.05) is 6.92 Å². The first-order valence-corrected chi connectivity index (χ1v) is 13.8. The van der Waals surface area contributed by atoms with E-state index in [1.54, 1.807) is 0 Å². The molecule has 184 valence electrons. The van der Waals surface area contributed by atoms with Crippen LogP contribution in [0, 0.1) is 51.2 Å². The Labute approximate surface area is 198 Å². The van der Waals surface area contributed by atoms with E-state index in [2.05, 4.69) is 48.1 Å². The Morgan fingerprint density at radius 1 is 0.875 bits per heavy atom. The molecule has 0 aliphatic heterocycles. The van der Waals surface area contributed by atoms with Gasteiger partial charge >= 0.3 is 0 Å². The first kappa shape index (κ1) is 24.8. The lowest BCUT2D eigenvalue weighted by Gasteiger charge is -2.67. The standard InChI is InChI=1S/C30H52O2/c1-19(2)24(31)11-9-20(3)21-13-17-30(8)23-10-12-25-27(4,5)26(32)15-16-28(25,6)22(23)14-18-29(21,30)7/h20-26,31-32H,1,9-18H2,2-8H3/t20-,21+,22-,23+,24+,25+,26+,28-,29-,30-/m1/s1. The van der Waals surface area contributed by atoms with E-state index >= 15 is 0 Å². The molecule has 4 aliphatic rings. The lowest BCUT2D eigenvalue weighted by atomic mass is 9.38. The van der Waals surface area contributed by atoms with Gasteiger partial charge in [-0.2, -0.15) is 0 Å². The first-order chi connectivity index (χ1) is 14.8. The van der Waals surface area contributed by atoms with Crippen molar-refractivity contribution in [2.45, 2.75) is 125 Å². The third-order valence-corrected chi connectivity index (χ3v) is 12.7. The summed E-state index contributed by atoms with van der Waals surface area (Å²) in [6.45, 7) is 21.0. The Morgan fingerprint density at radius 3 is 2.19 bits per heavy atom. The van der Waals surface area contributed by atoms with E-state index < -0.39 is 0 Å². The van der Waals surface area contributed by atoms with E-state index in [1.165, 1.54) is 44.9 Å². The molecule has 0 amide bonds. The average Bonchev–Trinajstić information content (AvgIpc) is 3.00. The topological polar surface area (TPSA) is 40.5 Å². The fraction of sp³-hybridized carbons (Fsp3) is 0.933. The molecule has 0 aromatic carbocycles. The largest absolute Gasteiger partial charge is 0.393 e. The van der Waals surface area contributed by atoms with Crippen LogP contribution in [0.25, 0.3) is 0 Å². The fourth-order valence-electron chi connectivity index (χ4n) is 10.3. The Balaban J connectivity index is 1.56. The zero-order valence-electron chi connectivity index (χ0n) is 22.2. The molecule has 10 atom stereocenters. The molecular weight excluding hydrogens is 392 g/mol. The van der Waals surface area contributed by atoms with Crippen molar-refractivity contribution in [3.63, 3.8) is 0 Å². The number of aliphatic hydroxyl groups excluding tert-OH is 2. The summed E-state index contributed by atoms with van der Waals surface area (Å²) in [5, 5.41) is 21.1. The molecule has 4 rings (SSSR count). The highest BCUT2D eigenvalue weighted by atomic mass is 16.3. The van der Waals surface area contributed by atoms with Crippen LogP contribution in [0.1, 0.15) is 113 Å². The molecule has 0 aromatic heterocycles. The van der Waals surface area contributed by atoms with Gasteiger partial charge in [0.1, 0.15) is 0 Å². The van der Waals surface area contributed by atoms with Gasteiger partial charge in [0.05, 0.1) is 12.2 Å². The highest BCUT2D eigenvalue weighted by Crippen LogP contribution is 2.74. The van der Waals surface area contributed by atoms with Crippen LogP contribution in [0.4, 0.5) is 0 Å². The highest BCUT2D eigenvalue weighted by molar-refractivity contribution is 5.16. The molecule has 0 heterocycles. The zero-order chi connectivity index (χ0) is 23.7.